The van der Waals surface area contributed by atoms with Crippen LogP contribution in [0.3, 0.4) is 0 Å². The molecule has 17 heavy (non-hydrogen) atoms. The van der Waals surface area contributed by atoms with E-state index < -0.39 is 11.9 Å². The maximum absolute atomic E-state index is 11.1. The van der Waals surface area contributed by atoms with Gasteiger partial charge in [-0.15, -0.1) is 0 Å². The molecule has 0 fully saturated rings. The van der Waals surface area contributed by atoms with Crippen LogP contribution in [0.15, 0.2) is 24.4 Å². The Morgan fingerprint density at radius 3 is 2.76 bits per heavy atom. The quantitative estimate of drug-likeness (QED) is 0.881. The highest BCUT2D eigenvalue weighted by Gasteiger charge is 2.18. The van der Waals surface area contributed by atoms with E-state index in [9.17, 15) is 4.79 Å². The zero-order valence-corrected chi connectivity index (χ0v) is 10.4. The summed E-state index contributed by atoms with van der Waals surface area (Å²) in [7, 11) is 0. The number of fused-ring (bicyclic) bond motifs is 1. The molecule has 0 spiro atoms. The number of carboxylic acid groups (broad SMARTS) is 1. The van der Waals surface area contributed by atoms with Crippen LogP contribution in [0.25, 0.3) is 10.9 Å². The standard InChI is InChI=1S/C14H17NO2/c1-4-15-8-9(2)11-6-5-7-12(13(11)15)10(3)14(16)17/h5-8,10H,4H2,1-3H3,(H,16,17). The van der Waals surface area contributed by atoms with E-state index in [0.29, 0.717) is 0 Å². The van der Waals surface area contributed by atoms with Crippen molar-refractivity contribution in [2.24, 2.45) is 0 Å². The van der Waals surface area contributed by atoms with Gasteiger partial charge in [-0.2, -0.15) is 0 Å². The molecular formula is C14H17NO2. The summed E-state index contributed by atoms with van der Waals surface area (Å²) in [6, 6.07) is 5.89. The average Bonchev–Trinajstić information content (AvgIpc) is 2.65. The van der Waals surface area contributed by atoms with E-state index in [0.717, 1.165) is 23.0 Å². The number of carbonyl (C=O) groups is 1. The van der Waals surface area contributed by atoms with E-state index in [1.54, 1.807) is 6.92 Å². The van der Waals surface area contributed by atoms with Gasteiger partial charge in [0.15, 0.2) is 0 Å². The minimum Gasteiger partial charge on any atom is -0.481 e. The van der Waals surface area contributed by atoms with Crippen LogP contribution < -0.4 is 0 Å². The first kappa shape index (κ1) is 11.7. The van der Waals surface area contributed by atoms with Gasteiger partial charge in [0.25, 0.3) is 0 Å². The number of benzene rings is 1. The normalized spacial score (nSPS) is 12.9. The van der Waals surface area contributed by atoms with Crippen molar-refractivity contribution in [2.75, 3.05) is 0 Å². The van der Waals surface area contributed by atoms with Gasteiger partial charge in [-0.05, 0) is 31.9 Å². The Labute approximate surface area is 101 Å². The molecule has 0 radical (unpaired) electrons. The maximum atomic E-state index is 11.1. The first-order valence-corrected chi connectivity index (χ1v) is 5.87. The van der Waals surface area contributed by atoms with E-state index in [2.05, 4.69) is 30.7 Å². The molecule has 3 heteroatoms. The SMILES string of the molecule is CCn1cc(C)c2cccc(C(C)C(=O)O)c21. The van der Waals surface area contributed by atoms with Crippen molar-refractivity contribution in [1.82, 2.24) is 4.57 Å². The van der Waals surface area contributed by atoms with Crippen molar-refractivity contribution >= 4 is 16.9 Å². The third-order valence-corrected chi connectivity index (χ3v) is 3.31. The van der Waals surface area contributed by atoms with Crippen LogP contribution in [0.5, 0.6) is 0 Å². The predicted octanol–water partition coefficient (Wildman–Crippen LogP) is 3.16. The summed E-state index contributed by atoms with van der Waals surface area (Å²) in [5.74, 6) is -1.25. The third kappa shape index (κ3) is 1.82. The summed E-state index contributed by atoms with van der Waals surface area (Å²) in [4.78, 5) is 11.1. The Hall–Kier alpha value is -1.77. The second-order valence-corrected chi connectivity index (χ2v) is 4.40. The zero-order chi connectivity index (χ0) is 12.6. The molecule has 2 rings (SSSR count). The van der Waals surface area contributed by atoms with E-state index in [4.69, 9.17) is 5.11 Å². The van der Waals surface area contributed by atoms with Gasteiger partial charge >= 0.3 is 5.97 Å². The van der Waals surface area contributed by atoms with Gasteiger partial charge in [0, 0.05) is 18.1 Å². The van der Waals surface area contributed by atoms with Crippen molar-refractivity contribution in [2.45, 2.75) is 33.2 Å². The van der Waals surface area contributed by atoms with Crippen LogP contribution in [0.2, 0.25) is 0 Å². The molecule has 0 saturated heterocycles. The highest BCUT2D eigenvalue weighted by molar-refractivity contribution is 5.91. The first-order chi connectivity index (χ1) is 8.06. The van der Waals surface area contributed by atoms with Crippen LogP contribution in [0.1, 0.15) is 30.9 Å². The fraction of sp³-hybridized carbons (Fsp3) is 0.357. The summed E-state index contributed by atoms with van der Waals surface area (Å²) in [6.07, 6.45) is 2.09. The second-order valence-electron chi connectivity index (χ2n) is 4.40. The Morgan fingerprint density at radius 2 is 2.18 bits per heavy atom. The van der Waals surface area contributed by atoms with Crippen molar-refractivity contribution < 1.29 is 9.90 Å². The summed E-state index contributed by atoms with van der Waals surface area (Å²) in [5, 5.41) is 10.3. The Bertz CT molecular complexity index is 569. The molecule has 90 valence electrons. The molecule has 0 aliphatic carbocycles. The number of aromatic nitrogens is 1. The Morgan fingerprint density at radius 1 is 1.47 bits per heavy atom. The molecule has 0 aliphatic heterocycles. The van der Waals surface area contributed by atoms with Gasteiger partial charge in [-0.1, -0.05) is 18.2 Å². The highest BCUT2D eigenvalue weighted by atomic mass is 16.4. The monoisotopic (exact) mass is 231 g/mol. The van der Waals surface area contributed by atoms with E-state index >= 15 is 0 Å². The number of para-hydroxylation sites is 1. The highest BCUT2D eigenvalue weighted by Crippen LogP contribution is 2.29. The number of hydrogen-bond donors (Lipinski definition) is 1. The minimum absolute atomic E-state index is 0.474. The molecule has 0 aliphatic rings. The van der Waals surface area contributed by atoms with Crippen molar-refractivity contribution in [3.05, 3.63) is 35.5 Å². The molecular weight excluding hydrogens is 214 g/mol. The topological polar surface area (TPSA) is 42.2 Å². The molecule has 1 aromatic carbocycles. The molecule has 0 saturated carbocycles. The van der Waals surface area contributed by atoms with Crippen LogP contribution >= 0.6 is 0 Å². The largest absolute Gasteiger partial charge is 0.481 e. The lowest BCUT2D eigenvalue weighted by molar-refractivity contribution is -0.138. The number of rotatable bonds is 3. The molecule has 1 aromatic heterocycles. The average molecular weight is 231 g/mol. The predicted molar refractivity (Wildman–Crippen MR) is 68.4 cm³/mol. The molecule has 1 heterocycles. The van der Waals surface area contributed by atoms with Gasteiger partial charge in [-0.25, -0.2) is 0 Å². The molecule has 0 amide bonds. The van der Waals surface area contributed by atoms with Gasteiger partial charge in [0.05, 0.1) is 11.4 Å². The van der Waals surface area contributed by atoms with Gasteiger partial charge < -0.3 is 9.67 Å². The number of aliphatic carboxylic acids is 1. The minimum atomic E-state index is -0.779. The summed E-state index contributed by atoms with van der Waals surface area (Å²) in [5.41, 5.74) is 3.15. The smallest absolute Gasteiger partial charge is 0.310 e. The molecule has 1 N–H and O–H groups in total. The summed E-state index contributed by atoms with van der Waals surface area (Å²) < 4.78 is 2.12. The second kappa shape index (κ2) is 4.24. The fourth-order valence-electron chi connectivity index (χ4n) is 2.30. The molecule has 1 atom stereocenters. The molecule has 3 nitrogen and oxygen atoms in total. The van der Waals surface area contributed by atoms with Crippen LogP contribution in [-0.2, 0) is 11.3 Å². The number of nitrogens with zero attached hydrogens (tertiary/aromatic N) is 1. The molecule has 0 bridgehead atoms. The Kier molecular flexibility index (Phi) is 2.92. The maximum Gasteiger partial charge on any atom is 0.310 e. The van der Waals surface area contributed by atoms with E-state index in [-0.39, 0.29) is 0 Å². The van der Waals surface area contributed by atoms with Crippen LogP contribution in [0.4, 0.5) is 0 Å². The molecule has 2 aromatic rings. The van der Waals surface area contributed by atoms with Crippen LogP contribution in [0, 0.1) is 6.92 Å². The number of aryl methyl sites for hydroxylation is 2. The van der Waals surface area contributed by atoms with Crippen molar-refractivity contribution in [1.29, 1.82) is 0 Å². The van der Waals surface area contributed by atoms with Crippen molar-refractivity contribution in [3.63, 3.8) is 0 Å². The van der Waals surface area contributed by atoms with Gasteiger partial charge in [0.2, 0.25) is 0 Å². The summed E-state index contributed by atoms with van der Waals surface area (Å²) in [6.45, 7) is 6.72. The third-order valence-electron chi connectivity index (χ3n) is 3.31. The zero-order valence-electron chi connectivity index (χ0n) is 10.4. The van der Waals surface area contributed by atoms with Crippen molar-refractivity contribution in [3.8, 4) is 0 Å². The Balaban J connectivity index is 2.75. The first-order valence-electron chi connectivity index (χ1n) is 5.87. The number of hydrogen-bond acceptors (Lipinski definition) is 1. The lowest BCUT2D eigenvalue weighted by Gasteiger charge is -2.11. The van der Waals surface area contributed by atoms with E-state index in [1.165, 1.54) is 5.56 Å². The lowest BCUT2D eigenvalue weighted by Crippen LogP contribution is -2.09. The fourth-order valence-corrected chi connectivity index (χ4v) is 2.30. The van der Waals surface area contributed by atoms with Gasteiger partial charge in [-0.3, -0.25) is 4.79 Å². The van der Waals surface area contributed by atoms with Crippen LogP contribution in [-0.4, -0.2) is 15.6 Å². The van der Waals surface area contributed by atoms with E-state index in [1.807, 2.05) is 12.1 Å². The van der Waals surface area contributed by atoms with Gasteiger partial charge in [0.1, 0.15) is 0 Å². The number of carboxylic acids is 1. The lowest BCUT2D eigenvalue weighted by atomic mass is 9.98. The molecule has 1 unspecified atom stereocenters. The summed E-state index contributed by atoms with van der Waals surface area (Å²) >= 11 is 0.